The van der Waals surface area contributed by atoms with Gasteiger partial charge in [-0.1, -0.05) is 0 Å². The zero-order valence-electron chi connectivity index (χ0n) is 17.6. The quantitative estimate of drug-likeness (QED) is 0.379. The van der Waals surface area contributed by atoms with E-state index in [0.29, 0.717) is 0 Å². The minimum atomic E-state index is -1.55. The smallest absolute Gasteiger partial charge is 0.332 e. The molecule has 1 aliphatic heterocycles. The highest BCUT2D eigenvalue weighted by Crippen LogP contribution is 2.33. The van der Waals surface area contributed by atoms with Gasteiger partial charge in [0.2, 0.25) is 11.8 Å². The van der Waals surface area contributed by atoms with E-state index < -0.39 is 46.9 Å². The van der Waals surface area contributed by atoms with E-state index in [1.165, 1.54) is 41.4 Å². The number of aliphatic hydroxyl groups is 2. The van der Waals surface area contributed by atoms with Crippen LogP contribution in [0.4, 0.5) is 0 Å². The molecule has 0 bridgehead atoms. The predicted molar refractivity (Wildman–Crippen MR) is 109 cm³/mol. The molecule has 2 aromatic heterocycles. The number of nitrogens with zero attached hydrogens (tertiary/aromatic N) is 5. The van der Waals surface area contributed by atoms with Crippen molar-refractivity contribution in [3.8, 4) is 0 Å². The lowest BCUT2D eigenvalue weighted by Gasteiger charge is -2.34. The number of carbonyl (C=O) groups is 2. The number of likely N-dealkylation sites (tertiary alicyclic amines) is 1. The van der Waals surface area contributed by atoms with Gasteiger partial charge in [0.05, 0.1) is 36.5 Å². The van der Waals surface area contributed by atoms with Gasteiger partial charge in [-0.2, -0.15) is 0 Å². The molecule has 0 unspecified atom stereocenters. The molecule has 2 amide bonds. The Labute approximate surface area is 176 Å². The van der Waals surface area contributed by atoms with Crippen molar-refractivity contribution < 1.29 is 19.8 Å². The summed E-state index contributed by atoms with van der Waals surface area (Å²) >= 11 is 0. The molecular weight excluding hydrogens is 410 g/mol. The van der Waals surface area contributed by atoms with Crippen LogP contribution in [-0.2, 0) is 23.7 Å². The van der Waals surface area contributed by atoms with E-state index in [4.69, 9.17) is 11.5 Å². The van der Waals surface area contributed by atoms with Crippen LogP contribution < -0.4 is 22.7 Å². The number of amides is 2. The fourth-order valence-corrected chi connectivity index (χ4v) is 4.12. The summed E-state index contributed by atoms with van der Waals surface area (Å²) in [4.78, 5) is 54.4. The molecule has 1 saturated heterocycles. The Morgan fingerprint density at radius 3 is 2.55 bits per heavy atom. The SMILES string of the molecule is Cn1c(=O)c2c(ncn2[C@H]2CN(C(=O)[C@@H](N)CC(N)=O)C[C@H](O)C[C@]2(C)O)n(C)c1=O. The third kappa shape index (κ3) is 3.98. The van der Waals surface area contributed by atoms with E-state index in [0.717, 1.165) is 4.57 Å². The lowest BCUT2D eigenvalue weighted by atomic mass is 9.91. The molecule has 170 valence electrons. The maximum absolute atomic E-state index is 12.8. The second kappa shape index (κ2) is 7.90. The largest absolute Gasteiger partial charge is 0.391 e. The first-order chi connectivity index (χ1) is 14.3. The monoisotopic (exact) mass is 437 g/mol. The Balaban J connectivity index is 2.12. The maximum atomic E-state index is 12.8. The fraction of sp³-hybridized carbons (Fsp3) is 0.611. The van der Waals surface area contributed by atoms with Crippen molar-refractivity contribution in [2.45, 2.75) is 43.6 Å². The van der Waals surface area contributed by atoms with Crippen LogP contribution in [0.5, 0.6) is 0 Å². The van der Waals surface area contributed by atoms with Crippen LogP contribution in [0.25, 0.3) is 11.2 Å². The van der Waals surface area contributed by atoms with Gasteiger partial charge in [-0.15, -0.1) is 0 Å². The molecule has 1 aliphatic rings. The highest BCUT2D eigenvalue weighted by Gasteiger charge is 2.43. The van der Waals surface area contributed by atoms with E-state index in [-0.39, 0.29) is 37.1 Å². The molecule has 0 radical (unpaired) electrons. The molecule has 2 aromatic rings. The summed E-state index contributed by atoms with van der Waals surface area (Å²) in [5.74, 6) is -1.37. The van der Waals surface area contributed by atoms with Gasteiger partial charge in [-0.25, -0.2) is 9.78 Å². The summed E-state index contributed by atoms with van der Waals surface area (Å²) in [5, 5.41) is 21.5. The number of primary amides is 1. The van der Waals surface area contributed by atoms with Crippen molar-refractivity contribution in [3.63, 3.8) is 0 Å². The van der Waals surface area contributed by atoms with E-state index in [9.17, 15) is 29.4 Å². The van der Waals surface area contributed by atoms with Crippen molar-refractivity contribution in [2.24, 2.45) is 25.6 Å². The summed E-state index contributed by atoms with van der Waals surface area (Å²) in [7, 11) is 2.80. The Morgan fingerprint density at radius 1 is 1.29 bits per heavy atom. The molecule has 13 nitrogen and oxygen atoms in total. The number of fused-ring (bicyclic) bond motifs is 1. The third-order valence-corrected chi connectivity index (χ3v) is 5.75. The molecule has 31 heavy (non-hydrogen) atoms. The highest BCUT2D eigenvalue weighted by molar-refractivity contribution is 5.87. The second-order valence-corrected chi connectivity index (χ2v) is 8.28. The van der Waals surface area contributed by atoms with Crippen molar-refractivity contribution in [1.82, 2.24) is 23.6 Å². The first kappa shape index (κ1) is 22.7. The Kier molecular flexibility index (Phi) is 5.78. The topological polar surface area (TPSA) is 192 Å². The zero-order valence-corrected chi connectivity index (χ0v) is 17.6. The number of aromatic nitrogens is 4. The average molecular weight is 437 g/mol. The summed E-state index contributed by atoms with van der Waals surface area (Å²) in [6, 6.07) is -2.11. The minimum Gasteiger partial charge on any atom is -0.391 e. The number of nitrogens with two attached hydrogens (primary N) is 2. The third-order valence-electron chi connectivity index (χ3n) is 5.75. The lowest BCUT2D eigenvalue weighted by molar-refractivity contribution is -0.136. The standard InChI is InChI=1S/C18H27N7O6/c1-18(31)5-9(26)6-24(15(28)10(19)4-12(20)27)7-11(18)25-8-21-14-13(25)16(29)23(3)17(30)22(14)2/h8-11,26,31H,4-7,19H2,1-3H3,(H2,20,27)/t9-,10+,11+,18+/m1/s1. The van der Waals surface area contributed by atoms with E-state index in [1.54, 1.807) is 0 Å². The van der Waals surface area contributed by atoms with E-state index in [2.05, 4.69) is 4.98 Å². The maximum Gasteiger partial charge on any atom is 0.332 e. The Morgan fingerprint density at radius 2 is 1.94 bits per heavy atom. The molecule has 6 N–H and O–H groups in total. The summed E-state index contributed by atoms with van der Waals surface area (Å²) in [6.45, 7) is 1.24. The van der Waals surface area contributed by atoms with Gasteiger partial charge >= 0.3 is 5.69 Å². The van der Waals surface area contributed by atoms with Crippen LogP contribution in [0.2, 0.25) is 0 Å². The van der Waals surface area contributed by atoms with Gasteiger partial charge in [0, 0.05) is 33.6 Å². The minimum absolute atomic E-state index is 0.0695. The van der Waals surface area contributed by atoms with Crippen molar-refractivity contribution in [2.75, 3.05) is 13.1 Å². The van der Waals surface area contributed by atoms with Crippen molar-refractivity contribution in [1.29, 1.82) is 0 Å². The van der Waals surface area contributed by atoms with Crippen LogP contribution in [-0.4, -0.2) is 76.4 Å². The molecule has 0 spiro atoms. The summed E-state index contributed by atoms with van der Waals surface area (Å²) in [5.41, 5.74) is 8.41. The number of hydrogen-bond acceptors (Lipinski definition) is 8. The molecule has 13 heteroatoms. The van der Waals surface area contributed by atoms with Gasteiger partial charge in [-0.3, -0.25) is 23.5 Å². The number of hydrogen-bond donors (Lipinski definition) is 4. The molecule has 0 aliphatic carbocycles. The summed E-state index contributed by atoms with van der Waals surface area (Å²) in [6.07, 6.45) is -0.234. The second-order valence-electron chi connectivity index (χ2n) is 8.28. The highest BCUT2D eigenvalue weighted by atomic mass is 16.3. The molecule has 0 aromatic carbocycles. The van der Waals surface area contributed by atoms with Gasteiger partial charge in [-0.05, 0) is 6.92 Å². The molecule has 0 saturated carbocycles. The van der Waals surface area contributed by atoms with Crippen LogP contribution in [0.1, 0.15) is 25.8 Å². The number of β-amino-alcohol motifs (C(OH)–C–C–N with tert-alkyl or cyclic N) is 1. The van der Waals surface area contributed by atoms with Gasteiger partial charge in [0.25, 0.3) is 5.56 Å². The number of imidazole rings is 1. The fourth-order valence-electron chi connectivity index (χ4n) is 4.12. The van der Waals surface area contributed by atoms with E-state index >= 15 is 0 Å². The zero-order chi connectivity index (χ0) is 23.2. The van der Waals surface area contributed by atoms with Crippen LogP contribution in [0, 0.1) is 0 Å². The van der Waals surface area contributed by atoms with Gasteiger partial charge in [0.1, 0.15) is 0 Å². The van der Waals surface area contributed by atoms with Gasteiger partial charge < -0.3 is 31.1 Å². The van der Waals surface area contributed by atoms with Crippen molar-refractivity contribution >= 4 is 23.0 Å². The van der Waals surface area contributed by atoms with Gasteiger partial charge in [0.15, 0.2) is 11.2 Å². The predicted octanol–water partition coefficient (Wildman–Crippen LogP) is -3.48. The van der Waals surface area contributed by atoms with Crippen LogP contribution >= 0.6 is 0 Å². The number of carbonyl (C=O) groups excluding carboxylic acids is 2. The van der Waals surface area contributed by atoms with Crippen LogP contribution in [0.15, 0.2) is 15.9 Å². The molecule has 1 fully saturated rings. The normalized spacial score (nSPS) is 25.4. The van der Waals surface area contributed by atoms with E-state index in [1.807, 2.05) is 0 Å². The number of aliphatic hydroxyl groups excluding tert-OH is 1. The molecule has 3 heterocycles. The summed E-state index contributed by atoms with van der Waals surface area (Å²) < 4.78 is 3.54. The number of aryl methyl sites for hydroxylation is 1. The first-order valence-corrected chi connectivity index (χ1v) is 9.70. The average Bonchev–Trinajstić information content (AvgIpc) is 3.05. The lowest BCUT2D eigenvalue weighted by Crippen LogP contribution is -2.49. The Bertz CT molecular complexity index is 1150. The number of rotatable bonds is 4. The van der Waals surface area contributed by atoms with Crippen LogP contribution in [0.3, 0.4) is 0 Å². The molecule has 3 rings (SSSR count). The van der Waals surface area contributed by atoms with Crippen molar-refractivity contribution in [3.05, 3.63) is 27.2 Å². The Hall–Kier alpha value is -3.03. The molecular formula is C18H27N7O6. The first-order valence-electron chi connectivity index (χ1n) is 9.70. The molecule has 4 atom stereocenters.